The Kier molecular flexibility index (Phi) is 8.08. The van der Waals surface area contributed by atoms with Crippen molar-refractivity contribution in [3.8, 4) is 5.75 Å². The summed E-state index contributed by atoms with van der Waals surface area (Å²) in [5.41, 5.74) is 1.80. The van der Waals surface area contributed by atoms with Crippen LogP contribution in [0.4, 0.5) is 8.78 Å². The molecule has 3 atom stereocenters. The van der Waals surface area contributed by atoms with Crippen LogP contribution in [0.1, 0.15) is 16.7 Å². The molecule has 2 heterocycles. The zero-order valence-electron chi connectivity index (χ0n) is 22.0. The lowest BCUT2D eigenvalue weighted by molar-refractivity contribution is -0.241. The van der Waals surface area contributed by atoms with Gasteiger partial charge >= 0.3 is 0 Å². The van der Waals surface area contributed by atoms with E-state index in [9.17, 15) is 28.6 Å². The van der Waals surface area contributed by atoms with Gasteiger partial charge in [-0.15, -0.1) is 0 Å². The molecule has 3 aromatic carbocycles. The molecule has 0 aromatic heterocycles. The molecule has 0 bridgehead atoms. The molecular weight excluding hydrogens is 520 g/mol. The van der Waals surface area contributed by atoms with Crippen molar-refractivity contribution >= 4 is 11.8 Å². The predicted molar refractivity (Wildman–Crippen MR) is 142 cm³/mol. The first-order chi connectivity index (χ1) is 19.2. The number of hydrazine groups is 1. The lowest BCUT2D eigenvalue weighted by atomic mass is 9.98. The highest BCUT2D eigenvalue weighted by molar-refractivity contribution is 5.90. The topological polar surface area (TPSA) is 99.6 Å². The largest absolute Gasteiger partial charge is 0.508 e. The molecule has 0 radical (unpaired) electrons. The van der Waals surface area contributed by atoms with Crippen molar-refractivity contribution in [1.82, 2.24) is 25.1 Å². The van der Waals surface area contributed by atoms with Crippen molar-refractivity contribution in [3.63, 3.8) is 0 Å². The van der Waals surface area contributed by atoms with E-state index < -0.39 is 36.1 Å². The van der Waals surface area contributed by atoms with Crippen LogP contribution < -0.4 is 5.32 Å². The Bertz CT molecular complexity index is 1360. The maximum absolute atomic E-state index is 14.6. The number of nitrogens with one attached hydrogen (secondary N) is 1. The maximum atomic E-state index is 14.6. The van der Waals surface area contributed by atoms with E-state index >= 15 is 0 Å². The smallest absolute Gasteiger partial charge is 0.246 e. The van der Waals surface area contributed by atoms with E-state index in [1.54, 1.807) is 29.2 Å². The van der Waals surface area contributed by atoms with Gasteiger partial charge in [-0.05, 0) is 29.3 Å². The summed E-state index contributed by atoms with van der Waals surface area (Å²) in [5.74, 6) is -2.11. The zero-order chi connectivity index (χ0) is 28.4. The Morgan fingerprint density at radius 2 is 1.73 bits per heavy atom. The summed E-state index contributed by atoms with van der Waals surface area (Å²) in [6, 6.07) is 18.1. The number of rotatable bonds is 8. The highest BCUT2D eigenvalue weighted by Gasteiger charge is 2.50. The summed E-state index contributed by atoms with van der Waals surface area (Å²) in [4.78, 5) is 30.1. The van der Waals surface area contributed by atoms with Crippen LogP contribution in [0.25, 0.3) is 0 Å². The first-order valence-electron chi connectivity index (χ1n) is 13.0. The molecule has 2 aliphatic heterocycles. The zero-order valence-corrected chi connectivity index (χ0v) is 22.0. The fourth-order valence-electron chi connectivity index (χ4n) is 5.34. The van der Waals surface area contributed by atoms with Gasteiger partial charge in [0.1, 0.15) is 29.6 Å². The number of hydrogen-bond acceptors (Lipinski definition) is 7. The molecule has 0 spiro atoms. The number of hydrogen-bond donors (Lipinski definition) is 3. The molecule has 0 saturated carbocycles. The third-order valence-electron chi connectivity index (χ3n) is 7.31. The quantitative estimate of drug-likeness (QED) is 0.369. The number of halogens is 2. The van der Waals surface area contributed by atoms with Gasteiger partial charge < -0.3 is 20.0 Å². The van der Waals surface area contributed by atoms with E-state index in [2.05, 4.69) is 5.32 Å². The standard InChI is InChI=1S/C29H31F2N5O4/c1-33-18-27(38)35-25(13-19-7-11-23(37)12-8-19)28(39)34(16-21-9-10-22(30)14-24(21)31)17-26(35)36(33)29(40)32-15-20-5-3-2-4-6-20/h2-12,14,25-26,29,32,37,40H,13,15-18H2,1H3. The lowest BCUT2D eigenvalue weighted by Gasteiger charge is -2.55. The molecule has 9 nitrogen and oxygen atoms in total. The first kappa shape index (κ1) is 27.7. The third-order valence-corrected chi connectivity index (χ3v) is 7.31. The van der Waals surface area contributed by atoms with Gasteiger partial charge in [0.15, 0.2) is 6.35 Å². The summed E-state index contributed by atoms with van der Waals surface area (Å²) < 4.78 is 28.2. The minimum Gasteiger partial charge on any atom is -0.508 e. The number of piperazine rings is 1. The van der Waals surface area contributed by atoms with E-state index in [0.717, 1.165) is 17.7 Å². The van der Waals surface area contributed by atoms with Crippen molar-refractivity contribution < 1.29 is 28.6 Å². The maximum Gasteiger partial charge on any atom is 0.246 e. The molecule has 210 valence electrons. The Balaban J connectivity index is 1.46. The Labute approximate surface area is 230 Å². The first-order valence-corrected chi connectivity index (χ1v) is 13.0. The predicted octanol–water partition coefficient (Wildman–Crippen LogP) is 2.01. The van der Waals surface area contributed by atoms with Crippen molar-refractivity contribution in [1.29, 1.82) is 0 Å². The Hall–Kier alpha value is -3.90. The van der Waals surface area contributed by atoms with Gasteiger partial charge in [0.2, 0.25) is 11.8 Å². The monoisotopic (exact) mass is 551 g/mol. The van der Waals surface area contributed by atoms with Crippen molar-refractivity contribution in [2.24, 2.45) is 0 Å². The number of aromatic hydroxyl groups is 1. The van der Waals surface area contributed by atoms with Crippen LogP contribution in [0.15, 0.2) is 72.8 Å². The number of nitrogens with zero attached hydrogens (tertiary/aromatic N) is 4. The summed E-state index contributed by atoms with van der Waals surface area (Å²) in [6.07, 6.45) is -1.83. The van der Waals surface area contributed by atoms with E-state index in [1.807, 2.05) is 30.3 Å². The Morgan fingerprint density at radius 1 is 1.00 bits per heavy atom. The molecule has 5 rings (SSSR count). The van der Waals surface area contributed by atoms with Gasteiger partial charge in [-0.3, -0.25) is 14.9 Å². The van der Waals surface area contributed by atoms with E-state index in [4.69, 9.17) is 0 Å². The van der Waals surface area contributed by atoms with E-state index in [-0.39, 0.29) is 43.3 Å². The molecule has 0 aliphatic carbocycles. The van der Waals surface area contributed by atoms with Gasteiger partial charge in [-0.25, -0.2) is 13.8 Å². The van der Waals surface area contributed by atoms with Gasteiger partial charge in [-0.2, -0.15) is 5.01 Å². The molecule has 40 heavy (non-hydrogen) atoms. The minimum absolute atomic E-state index is 0.0120. The van der Waals surface area contributed by atoms with Crippen LogP contribution in [0, 0.1) is 11.6 Å². The number of likely N-dealkylation sites (N-methyl/N-ethyl adjacent to an activating group) is 1. The molecule has 2 amide bonds. The Morgan fingerprint density at radius 3 is 2.42 bits per heavy atom. The molecule has 11 heteroatoms. The van der Waals surface area contributed by atoms with Crippen LogP contribution in [0.3, 0.4) is 0 Å². The summed E-state index contributed by atoms with van der Waals surface area (Å²) >= 11 is 0. The number of benzene rings is 3. The van der Waals surface area contributed by atoms with Crippen LogP contribution in [-0.2, 0) is 29.1 Å². The average Bonchev–Trinajstić information content (AvgIpc) is 2.92. The fourth-order valence-corrected chi connectivity index (χ4v) is 5.34. The second-order valence-corrected chi connectivity index (χ2v) is 10.1. The second-order valence-electron chi connectivity index (χ2n) is 10.1. The van der Waals surface area contributed by atoms with Gasteiger partial charge in [0, 0.05) is 38.2 Å². The number of carbonyl (C=O) groups is 2. The summed E-state index contributed by atoms with van der Waals surface area (Å²) in [7, 11) is 1.68. The number of phenolic OH excluding ortho intramolecular Hbond substituents is 1. The molecule has 2 aliphatic rings. The SMILES string of the molecule is CN1CC(=O)N2C(Cc3ccc(O)cc3)C(=O)N(Cc3ccc(F)cc3F)CC2N1C(O)NCc1ccccc1. The van der Waals surface area contributed by atoms with Crippen LogP contribution in [0.5, 0.6) is 5.75 Å². The normalized spacial score (nSPS) is 21.0. The van der Waals surface area contributed by atoms with Crippen molar-refractivity contribution in [2.75, 3.05) is 20.1 Å². The number of carbonyl (C=O) groups excluding carboxylic acids is 2. The second kappa shape index (κ2) is 11.7. The number of phenols is 1. The number of aliphatic hydroxyl groups excluding tert-OH is 1. The summed E-state index contributed by atoms with van der Waals surface area (Å²) in [6.45, 7) is 0.141. The summed E-state index contributed by atoms with van der Waals surface area (Å²) in [5, 5.41) is 27.3. The molecule has 3 unspecified atom stereocenters. The lowest BCUT2D eigenvalue weighted by Crippen LogP contribution is -2.77. The molecule has 2 fully saturated rings. The average molecular weight is 552 g/mol. The molecule has 2 saturated heterocycles. The van der Waals surface area contributed by atoms with Crippen molar-refractivity contribution in [3.05, 3.63) is 101 Å². The van der Waals surface area contributed by atoms with Gasteiger partial charge in [0.25, 0.3) is 0 Å². The van der Waals surface area contributed by atoms with Gasteiger partial charge in [-0.1, -0.05) is 48.5 Å². The minimum atomic E-state index is -1.21. The molecular formula is C29H31F2N5O4. The highest BCUT2D eigenvalue weighted by atomic mass is 19.1. The number of aliphatic hydroxyl groups is 1. The molecule has 3 aromatic rings. The van der Waals surface area contributed by atoms with Crippen LogP contribution in [-0.4, -0.2) is 80.5 Å². The third kappa shape index (κ3) is 5.82. The number of fused-ring (bicyclic) bond motifs is 1. The van der Waals surface area contributed by atoms with Gasteiger partial charge in [0.05, 0.1) is 13.1 Å². The fraction of sp³-hybridized carbons (Fsp3) is 0.310. The van der Waals surface area contributed by atoms with E-state index in [0.29, 0.717) is 12.1 Å². The van der Waals surface area contributed by atoms with Crippen LogP contribution >= 0.6 is 0 Å². The van der Waals surface area contributed by atoms with Crippen LogP contribution in [0.2, 0.25) is 0 Å². The molecule has 3 N–H and O–H groups in total. The highest BCUT2D eigenvalue weighted by Crippen LogP contribution is 2.30. The van der Waals surface area contributed by atoms with Crippen molar-refractivity contribution in [2.45, 2.75) is 38.1 Å². The van der Waals surface area contributed by atoms with E-state index in [1.165, 1.54) is 28.0 Å². The number of amides is 2.